The van der Waals surface area contributed by atoms with E-state index in [9.17, 15) is 4.79 Å². The Kier molecular flexibility index (Phi) is 7.80. The van der Waals surface area contributed by atoms with Crippen LogP contribution in [0.1, 0.15) is 46.5 Å². The molecule has 2 unspecified atom stereocenters. The van der Waals surface area contributed by atoms with E-state index in [4.69, 9.17) is 5.73 Å². The van der Waals surface area contributed by atoms with Gasteiger partial charge in [0, 0.05) is 25.6 Å². The molecule has 1 rings (SSSR count). The van der Waals surface area contributed by atoms with Crippen LogP contribution in [0.2, 0.25) is 0 Å². The van der Waals surface area contributed by atoms with E-state index in [0.717, 1.165) is 32.4 Å². The summed E-state index contributed by atoms with van der Waals surface area (Å²) >= 11 is 0. The van der Waals surface area contributed by atoms with Crippen LogP contribution >= 0.6 is 12.4 Å². The largest absolute Gasteiger partial charge is 0.341 e. The Morgan fingerprint density at radius 2 is 2.12 bits per heavy atom. The summed E-state index contributed by atoms with van der Waals surface area (Å²) in [5, 5.41) is 0. The highest BCUT2D eigenvalue weighted by Crippen LogP contribution is 2.21. The van der Waals surface area contributed by atoms with Crippen molar-refractivity contribution in [3.8, 4) is 0 Å². The SMILES string of the molecule is CCC(CC(=O)N1CCCC(N)C1)C(C)C.Cl. The fourth-order valence-electron chi connectivity index (χ4n) is 2.44. The minimum Gasteiger partial charge on any atom is -0.341 e. The number of nitrogens with two attached hydrogens (primary N) is 1. The van der Waals surface area contributed by atoms with E-state index in [1.54, 1.807) is 0 Å². The number of likely N-dealkylation sites (tertiary alicyclic amines) is 1. The van der Waals surface area contributed by atoms with Gasteiger partial charge in [-0.3, -0.25) is 4.79 Å². The van der Waals surface area contributed by atoms with Crippen LogP contribution in [0.5, 0.6) is 0 Å². The zero-order chi connectivity index (χ0) is 12.1. The molecule has 1 aliphatic rings. The van der Waals surface area contributed by atoms with Gasteiger partial charge >= 0.3 is 0 Å². The molecule has 1 heterocycles. The summed E-state index contributed by atoms with van der Waals surface area (Å²) in [7, 11) is 0. The minimum absolute atomic E-state index is 0. The Morgan fingerprint density at radius 1 is 1.47 bits per heavy atom. The van der Waals surface area contributed by atoms with Crippen molar-refractivity contribution in [1.82, 2.24) is 4.90 Å². The lowest BCUT2D eigenvalue weighted by atomic mass is 9.89. The number of halogens is 1. The molecule has 1 fully saturated rings. The molecule has 1 saturated heterocycles. The predicted molar refractivity (Wildman–Crippen MR) is 74.3 cm³/mol. The first-order valence-electron chi connectivity index (χ1n) is 6.58. The molecule has 2 N–H and O–H groups in total. The third kappa shape index (κ3) is 5.26. The second-order valence-electron chi connectivity index (χ2n) is 5.36. The number of hydrogen-bond donors (Lipinski definition) is 1. The second kappa shape index (κ2) is 7.93. The van der Waals surface area contributed by atoms with Crippen molar-refractivity contribution in [3.05, 3.63) is 0 Å². The van der Waals surface area contributed by atoms with Crippen molar-refractivity contribution in [3.63, 3.8) is 0 Å². The number of piperidine rings is 1. The van der Waals surface area contributed by atoms with Crippen molar-refractivity contribution in [2.45, 2.75) is 52.5 Å². The van der Waals surface area contributed by atoms with Gasteiger partial charge in [-0.1, -0.05) is 27.2 Å². The van der Waals surface area contributed by atoms with Crippen LogP contribution < -0.4 is 5.73 Å². The van der Waals surface area contributed by atoms with Crippen molar-refractivity contribution >= 4 is 18.3 Å². The number of nitrogens with zero attached hydrogens (tertiary/aromatic N) is 1. The van der Waals surface area contributed by atoms with Gasteiger partial charge in [-0.25, -0.2) is 0 Å². The highest BCUT2D eigenvalue weighted by Gasteiger charge is 2.24. The van der Waals surface area contributed by atoms with E-state index < -0.39 is 0 Å². The molecular formula is C13H27ClN2O. The fourth-order valence-corrected chi connectivity index (χ4v) is 2.44. The maximum Gasteiger partial charge on any atom is 0.222 e. The van der Waals surface area contributed by atoms with Crippen LogP contribution in [-0.2, 0) is 4.79 Å². The molecule has 0 aromatic heterocycles. The summed E-state index contributed by atoms with van der Waals surface area (Å²) in [6, 6.07) is 0.192. The molecule has 1 amide bonds. The van der Waals surface area contributed by atoms with Crippen LogP contribution in [0.3, 0.4) is 0 Å². The Labute approximate surface area is 112 Å². The lowest BCUT2D eigenvalue weighted by molar-refractivity contribution is -0.133. The molecule has 0 aromatic rings. The topological polar surface area (TPSA) is 46.3 Å². The van der Waals surface area contributed by atoms with Gasteiger partial charge in [-0.2, -0.15) is 0 Å². The molecule has 3 nitrogen and oxygen atoms in total. The monoisotopic (exact) mass is 262 g/mol. The molecule has 102 valence electrons. The van der Waals surface area contributed by atoms with Crippen molar-refractivity contribution in [2.75, 3.05) is 13.1 Å². The molecule has 0 spiro atoms. The maximum atomic E-state index is 12.1. The normalized spacial score (nSPS) is 22.2. The summed E-state index contributed by atoms with van der Waals surface area (Å²) in [6.07, 6.45) is 3.90. The van der Waals surface area contributed by atoms with Gasteiger partial charge < -0.3 is 10.6 Å². The summed E-state index contributed by atoms with van der Waals surface area (Å²) < 4.78 is 0. The molecule has 0 bridgehead atoms. The van der Waals surface area contributed by atoms with Crippen LogP contribution in [0.15, 0.2) is 0 Å². The summed E-state index contributed by atoms with van der Waals surface area (Å²) in [4.78, 5) is 14.0. The van der Waals surface area contributed by atoms with Crippen LogP contribution in [0.4, 0.5) is 0 Å². The van der Waals surface area contributed by atoms with E-state index in [-0.39, 0.29) is 18.4 Å². The highest BCUT2D eigenvalue weighted by atomic mass is 35.5. The van der Waals surface area contributed by atoms with Gasteiger partial charge in [-0.15, -0.1) is 12.4 Å². The third-order valence-electron chi connectivity index (χ3n) is 3.71. The average molecular weight is 263 g/mol. The van der Waals surface area contributed by atoms with Gasteiger partial charge in [0.05, 0.1) is 0 Å². The van der Waals surface area contributed by atoms with Crippen LogP contribution in [0, 0.1) is 11.8 Å². The molecule has 2 atom stereocenters. The first-order chi connectivity index (χ1) is 7.54. The average Bonchev–Trinajstić information content (AvgIpc) is 2.25. The maximum absolute atomic E-state index is 12.1. The predicted octanol–water partition coefficient (Wildman–Crippen LogP) is 2.43. The molecule has 17 heavy (non-hydrogen) atoms. The van der Waals surface area contributed by atoms with Crippen molar-refractivity contribution < 1.29 is 4.79 Å². The van der Waals surface area contributed by atoms with Crippen LogP contribution in [-0.4, -0.2) is 29.9 Å². The minimum atomic E-state index is 0. The van der Waals surface area contributed by atoms with Crippen LogP contribution in [0.25, 0.3) is 0 Å². The van der Waals surface area contributed by atoms with Gasteiger partial charge in [0.2, 0.25) is 5.91 Å². The second-order valence-corrected chi connectivity index (χ2v) is 5.36. The van der Waals surface area contributed by atoms with Gasteiger partial charge in [-0.05, 0) is 24.7 Å². The lowest BCUT2D eigenvalue weighted by Crippen LogP contribution is -2.46. The zero-order valence-corrected chi connectivity index (χ0v) is 12.1. The standard InChI is InChI=1S/C13H26N2O.ClH/c1-4-11(10(2)3)8-13(16)15-7-5-6-12(14)9-15;/h10-12H,4-9,14H2,1-3H3;1H. The Hall–Kier alpha value is -0.280. The van der Waals surface area contributed by atoms with Gasteiger partial charge in [0.1, 0.15) is 0 Å². The van der Waals surface area contributed by atoms with E-state index in [2.05, 4.69) is 20.8 Å². The Morgan fingerprint density at radius 3 is 2.59 bits per heavy atom. The van der Waals surface area contributed by atoms with Gasteiger partial charge in [0.25, 0.3) is 0 Å². The Balaban J connectivity index is 0.00000256. The zero-order valence-electron chi connectivity index (χ0n) is 11.3. The highest BCUT2D eigenvalue weighted by molar-refractivity contribution is 5.85. The smallest absolute Gasteiger partial charge is 0.222 e. The van der Waals surface area contributed by atoms with E-state index in [1.165, 1.54) is 0 Å². The first-order valence-corrected chi connectivity index (χ1v) is 6.58. The molecule has 0 saturated carbocycles. The Bertz CT molecular complexity index is 233. The quantitative estimate of drug-likeness (QED) is 0.846. The van der Waals surface area contributed by atoms with Gasteiger partial charge in [0.15, 0.2) is 0 Å². The summed E-state index contributed by atoms with van der Waals surface area (Å²) in [6.45, 7) is 8.22. The molecule has 0 aliphatic carbocycles. The molecule has 1 aliphatic heterocycles. The fraction of sp³-hybridized carbons (Fsp3) is 0.923. The van der Waals surface area contributed by atoms with E-state index >= 15 is 0 Å². The summed E-state index contributed by atoms with van der Waals surface area (Å²) in [5.41, 5.74) is 5.89. The van der Waals surface area contributed by atoms with E-state index in [0.29, 0.717) is 24.2 Å². The lowest BCUT2D eigenvalue weighted by Gasteiger charge is -2.32. The van der Waals surface area contributed by atoms with Crippen molar-refractivity contribution in [2.24, 2.45) is 17.6 Å². The number of carbonyl (C=O) groups excluding carboxylic acids is 1. The number of hydrogen-bond acceptors (Lipinski definition) is 2. The molecular weight excluding hydrogens is 236 g/mol. The number of amides is 1. The number of rotatable bonds is 4. The first kappa shape index (κ1) is 16.7. The summed E-state index contributed by atoms with van der Waals surface area (Å²) in [5.74, 6) is 1.41. The third-order valence-corrected chi connectivity index (χ3v) is 3.71. The van der Waals surface area contributed by atoms with E-state index in [1.807, 2.05) is 4.90 Å². The molecule has 0 radical (unpaired) electrons. The molecule has 0 aromatic carbocycles. The molecule has 4 heteroatoms. The number of carbonyl (C=O) groups is 1. The van der Waals surface area contributed by atoms with Crippen molar-refractivity contribution in [1.29, 1.82) is 0 Å².